The van der Waals surface area contributed by atoms with Gasteiger partial charge in [0, 0.05) is 13.1 Å². The average Bonchev–Trinajstić information content (AvgIpc) is 2.73. The molecule has 0 unspecified atom stereocenters. The molecule has 0 aromatic heterocycles. The van der Waals surface area contributed by atoms with Crippen LogP contribution in [-0.4, -0.2) is 37.5 Å². The lowest BCUT2D eigenvalue weighted by molar-refractivity contribution is -0.00813. The van der Waals surface area contributed by atoms with E-state index in [1.165, 1.54) is 4.31 Å². The van der Waals surface area contributed by atoms with Crippen molar-refractivity contribution < 1.29 is 13.2 Å². The third-order valence-corrected chi connectivity index (χ3v) is 6.10. The Labute approximate surface area is 138 Å². The van der Waals surface area contributed by atoms with E-state index in [9.17, 15) is 8.42 Å². The quantitative estimate of drug-likeness (QED) is 0.782. The van der Waals surface area contributed by atoms with Gasteiger partial charge in [0.15, 0.2) is 0 Å². The summed E-state index contributed by atoms with van der Waals surface area (Å²) >= 11 is 0. The maximum atomic E-state index is 12.9. The monoisotopic (exact) mass is 333 g/mol. The van der Waals surface area contributed by atoms with Crippen LogP contribution in [0, 0.1) is 6.92 Å². The number of benzene rings is 1. The SMILES string of the molecule is Cc1ccc(S(=O)(=O)N2C/C=C\CC3=CC(C)(C)O[C@H]3C2)cc1. The third kappa shape index (κ3) is 3.42. The minimum Gasteiger partial charge on any atom is -0.363 e. The van der Waals surface area contributed by atoms with E-state index in [2.05, 4.69) is 6.08 Å². The topological polar surface area (TPSA) is 46.6 Å². The first-order valence-corrected chi connectivity index (χ1v) is 9.33. The summed E-state index contributed by atoms with van der Waals surface area (Å²) in [6.07, 6.45) is 6.72. The van der Waals surface area contributed by atoms with Crippen molar-refractivity contribution in [1.82, 2.24) is 4.31 Å². The number of hydrogen-bond donors (Lipinski definition) is 0. The Morgan fingerprint density at radius 3 is 2.57 bits per heavy atom. The van der Waals surface area contributed by atoms with E-state index in [4.69, 9.17) is 4.74 Å². The first-order chi connectivity index (χ1) is 10.8. The summed E-state index contributed by atoms with van der Waals surface area (Å²) in [5.74, 6) is 0. The number of rotatable bonds is 2. The lowest BCUT2D eigenvalue weighted by Crippen LogP contribution is -2.40. The van der Waals surface area contributed by atoms with Gasteiger partial charge in [0.05, 0.1) is 16.6 Å². The number of allylic oxidation sites excluding steroid dienone is 1. The summed E-state index contributed by atoms with van der Waals surface area (Å²) in [6, 6.07) is 6.99. The van der Waals surface area contributed by atoms with Gasteiger partial charge in [-0.25, -0.2) is 8.42 Å². The van der Waals surface area contributed by atoms with E-state index in [0.717, 1.165) is 17.6 Å². The molecule has 0 saturated heterocycles. The highest BCUT2D eigenvalue weighted by atomic mass is 32.2. The van der Waals surface area contributed by atoms with Crippen LogP contribution in [0.5, 0.6) is 0 Å². The molecule has 5 heteroatoms. The second kappa shape index (κ2) is 5.89. The molecular formula is C18H23NO3S. The molecule has 1 atom stereocenters. The fourth-order valence-electron chi connectivity index (χ4n) is 3.09. The van der Waals surface area contributed by atoms with E-state index in [-0.39, 0.29) is 11.7 Å². The number of aryl methyl sites for hydroxylation is 1. The number of sulfonamides is 1. The molecule has 0 N–H and O–H groups in total. The Hall–Kier alpha value is -1.43. The molecule has 0 spiro atoms. The van der Waals surface area contributed by atoms with Gasteiger partial charge < -0.3 is 4.74 Å². The number of nitrogens with zero attached hydrogens (tertiary/aromatic N) is 1. The van der Waals surface area contributed by atoms with Gasteiger partial charge in [-0.2, -0.15) is 4.31 Å². The molecule has 0 fully saturated rings. The maximum Gasteiger partial charge on any atom is 0.243 e. The van der Waals surface area contributed by atoms with Crippen LogP contribution >= 0.6 is 0 Å². The molecule has 1 aromatic carbocycles. The Balaban J connectivity index is 1.90. The minimum absolute atomic E-state index is 0.171. The molecule has 0 aliphatic carbocycles. The summed E-state index contributed by atoms with van der Waals surface area (Å²) in [6.45, 7) is 6.70. The van der Waals surface area contributed by atoms with E-state index in [1.807, 2.05) is 45.1 Å². The maximum absolute atomic E-state index is 12.9. The lowest BCUT2D eigenvalue weighted by atomic mass is 10.0. The van der Waals surface area contributed by atoms with Crippen molar-refractivity contribution in [3.8, 4) is 0 Å². The Bertz CT molecular complexity index is 745. The zero-order valence-electron chi connectivity index (χ0n) is 13.8. The molecule has 0 bridgehead atoms. The van der Waals surface area contributed by atoms with Crippen molar-refractivity contribution >= 4 is 10.0 Å². The van der Waals surface area contributed by atoms with Gasteiger partial charge in [0.25, 0.3) is 0 Å². The summed E-state index contributed by atoms with van der Waals surface area (Å²) in [7, 11) is -3.52. The van der Waals surface area contributed by atoms with Crippen LogP contribution < -0.4 is 0 Å². The first kappa shape index (κ1) is 16.4. The van der Waals surface area contributed by atoms with Crippen LogP contribution in [-0.2, 0) is 14.8 Å². The van der Waals surface area contributed by atoms with Crippen LogP contribution in [0.15, 0.2) is 53.0 Å². The van der Waals surface area contributed by atoms with E-state index in [1.54, 1.807) is 12.1 Å². The molecule has 0 amide bonds. The van der Waals surface area contributed by atoms with Crippen LogP contribution in [0.25, 0.3) is 0 Å². The summed E-state index contributed by atoms with van der Waals surface area (Å²) in [5.41, 5.74) is 1.87. The van der Waals surface area contributed by atoms with Gasteiger partial charge in [0.2, 0.25) is 10.0 Å². The van der Waals surface area contributed by atoms with Gasteiger partial charge in [-0.1, -0.05) is 35.9 Å². The van der Waals surface area contributed by atoms with Crippen LogP contribution in [0.4, 0.5) is 0 Å². The Morgan fingerprint density at radius 2 is 1.87 bits per heavy atom. The van der Waals surface area contributed by atoms with E-state index < -0.39 is 10.0 Å². The highest BCUT2D eigenvalue weighted by Gasteiger charge is 2.36. The zero-order valence-corrected chi connectivity index (χ0v) is 14.6. The minimum atomic E-state index is -3.52. The second-order valence-electron chi connectivity index (χ2n) is 6.74. The number of ether oxygens (including phenoxy) is 1. The Morgan fingerprint density at radius 1 is 1.17 bits per heavy atom. The van der Waals surface area contributed by atoms with Crippen LogP contribution in [0.2, 0.25) is 0 Å². The molecule has 124 valence electrons. The molecular weight excluding hydrogens is 310 g/mol. The predicted molar refractivity (Wildman–Crippen MR) is 90.7 cm³/mol. The summed E-state index contributed by atoms with van der Waals surface area (Å²) in [4.78, 5) is 0.333. The fraction of sp³-hybridized carbons (Fsp3) is 0.444. The van der Waals surface area contributed by atoms with Crippen molar-refractivity contribution in [2.75, 3.05) is 13.1 Å². The van der Waals surface area contributed by atoms with E-state index >= 15 is 0 Å². The number of hydrogen-bond acceptors (Lipinski definition) is 3. The van der Waals surface area contributed by atoms with Crippen LogP contribution in [0.3, 0.4) is 0 Å². The largest absolute Gasteiger partial charge is 0.363 e. The van der Waals surface area contributed by atoms with Gasteiger partial charge in [-0.05, 0) is 44.9 Å². The lowest BCUT2D eigenvalue weighted by Gasteiger charge is -2.28. The molecule has 2 heterocycles. The third-order valence-electron chi connectivity index (χ3n) is 4.25. The smallest absolute Gasteiger partial charge is 0.243 e. The van der Waals surface area contributed by atoms with Crippen LogP contribution in [0.1, 0.15) is 25.8 Å². The molecule has 4 nitrogen and oxygen atoms in total. The fourth-order valence-corrected chi connectivity index (χ4v) is 4.48. The molecule has 2 aliphatic heterocycles. The Kier molecular flexibility index (Phi) is 4.21. The van der Waals surface area contributed by atoms with Gasteiger partial charge in [-0.3, -0.25) is 0 Å². The predicted octanol–water partition coefficient (Wildman–Crippen LogP) is 3.05. The number of fused-ring (bicyclic) bond motifs is 1. The van der Waals surface area contributed by atoms with Crippen molar-refractivity contribution in [2.45, 2.75) is 43.8 Å². The molecule has 2 aliphatic rings. The normalized spacial score (nSPS) is 26.0. The summed E-state index contributed by atoms with van der Waals surface area (Å²) < 4.78 is 33.4. The van der Waals surface area contributed by atoms with Gasteiger partial charge in [-0.15, -0.1) is 0 Å². The van der Waals surface area contributed by atoms with E-state index in [0.29, 0.717) is 18.0 Å². The van der Waals surface area contributed by atoms with Crippen molar-refractivity contribution in [1.29, 1.82) is 0 Å². The van der Waals surface area contributed by atoms with Crippen molar-refractivity contribution in [2.24, 2.45) is 0 Å². The molecule has 1 aromatic rings. The zero-order chi connectivity index (χ0) is 16.7. The molecule has 23 heavy (non-hydrogen) atoms. The van der Waals surface area contributed by atoms with Gasteiger partial charge in [0.1, 0.15) is 0 Å². The second-order valence-corrected chi connectivity index (χ2v) is 8.68. The summed E-state index contributed by atoms with van der Waals surface area (Å²) in [5, 5.41) is 0. The molecule has 0 radical (unpaired) electrons. The average molecular weight is 333 g/mol. The molecule has 3 rings (SSSR count). The highest BCUT2D eigenvalue weighted by molar-refractivity contribution is 7.89. The highest BCUT2D eigenvalue weighted by Crippen LogP contribution is 2.32. The first-order valence-electron chi connectivity index (χ1n) is 7.89. The van der Waals surface area contributed by atoms with Gasteiger partial charge >= 0.3 is 0 Å². The van der Waals surface area contributed by atoms with Crippen molar-refractivity contribution in [3.63, 3.8) is 0 Å². The van der Waals surface area contributed by atoms with Crippen molar-refractivity contribution in [3.05, 3.63) is 53.6 Å². The molecule has 0 saturated carbocycles. The standard InChI is InChI=1S/C18H23NO3S/c1-14-7-9-16(10-8-14)23(20,21)19-11-5-4-6-15-12-18(2,3)22-17(15)13-19/h4-5,7-10,12,17H,6,11,13H2,1-3H3/b5-4-/t17-/m0/s1.